The van der Waals surface area contributed by atoms with E-state index in [0.29, 0.717) is 0 Å². The molecule has 3 aromatic rings. The van der Waals surface area contributed by atoms with E-state index in [2.05, 4.69) is 95.1 Å². The Labute approximate surface area is 167 Å². The second-order valence-electron chi connectivity index (χ2n) is 6.92. The maximum atomic E-state index is 9.87. The fourth-order valence-corrected chi connectivity index (χ4v) is 7.21. The molecule has 0 atom stereocenters. The van der Waals surface area contributed by atoms with E-state index in [1.54, 1.807) is 0 Å². The molecular formula is C24H26N3P. The van der Waals surface area contributed by atoms with Gasteiger partial charge in [0.25, 0.3) is 0 Å². The zero-order chi connectivity index (χ0) is 19.4. The number of para-hydroxylation sites is 2. The Hall–Kier alpha value is -2.77. The minimum atomic E-state index is -2.48. The molecule has 0 amide bonds. The summed E-state index contributed by atoms with van der Waals surface area (Å²) >= 11 is 0. The van der Waals surface area contributed by atoms with Gasteiger partial charge in [0.05, 0.1) is 0 Å². The van der Waals surface area contributed by atoms with E-state index >= 15 is 0 Å². The van der Waals surface area contributed by atoms with Gasteiger partial charge in [-0.15, -0.1) is 0 Å². The van der Waals surface area contributed by atoms with Gasteiger partial charge in [-0.1, -0.05) is 73.7 Å². The van der Waals surface area contributed by atoms with Crippen molar-refractivity contribution in [2.24, 2.45) is 0 Å². The molecule has 1 saturated heterocycles. The van der Waals surface area contributed by atoms with Crippen molar-refractivity contribution in [3.8, 4) is 0 Å². The highest BCUT2D eigenvalue weighted by molar-refractivity contribution is 7.72. The summed E-state index contributed by atoms with van der Waals surface area (Å²) in [7, 11) is -2.48. The zero-order valence-electron chi connectivity index (χ0n) is 16.2. The average molecular weight is 387 g/mol. The number of anilines is 2. The number of hydrogen-bond donors (Lipinski definition) is 1. The summed E-state index contributed by atoms with van der Waals surface area (Å²) in [5.74, 6) is 0. The van der Waals surface area contributed by atoms with Crippen LogP contribution in [0.25, 0.3) is 6.08 Å². The third kappa shape index (κ3) is 3.39. The lowest BCUT2D eigenvalue weighted by molar-refractivity contribution is 1.02. The Morgan fingerprint density at radius 2 is 1.21 bits per heavy atom. The molecule has 0 spiro atoms. The van der Waals surface area contributed by atoms with E-state index in [-0.39, 0.29) is 0 Å². The van der Waals surface area contributed by atoms with Gasteiger partial charge in [-0.05, 0) is 42.3 Å². The largest absolute Gasteiger partial charge is 0.318 e. The number of nitrogens with zero attached hydrogens (tertiary/aromatic N) is 2. The molecule has 4 heteroatoms. The maximum absolute atomic E-state index is 9.87. The summed E-state index contributed by atoms with van der Waals surface area (Å²) < 4.78 is 4.66. The number of allylic oxidation sites excluding steroid dienone is 1. The highest BCUT2D eigenvalue weighted by Gasteiger charge is 2.41. The molecule has 3 aromatic carbocycles. The highest BCUT2D eigenvalue weighted by atomic mass is 31.2. The van der Waals surface area contributed by atoms with Crippen molar-refractivity contribution >= 4 is 24.8 Å². The van der Waals surface area contributed by atoms with Crippen LogP contribution in [0.15, 0.2) is 96.3 Å². The Bertz CT molecular complexity index is 933. The van der Waals surface area contributed by atoms with E-state index in [0.717, 1.165) is 30.9 Å². The predicted molar refractivity (Wildman–Crippen MR) is 122 cm³/mol. The van der Waals surface area contributed by atoms with E-state index in [9.17, 15) is 5.16 Å². The second-order valence-corrected chi connectivity index (χ2v) is 9.66. The SMILES string of the molecule is CC/C(=C\c1ccccc1)P1(=N)N(c2ccccc2)CCN1c1ccccc1. The lowest BCUT2D eigenvalue weighted by atomic mass is 10.2. The van der Waals surface area contributed by atoms with Gasteiger partial charge >= 0.3 is 0 Å². The fraction of sp³-hybridized carbons (Fsp3) is 0.167. The van der Waals surface area contributed by atoms with Gasteiger partial charge in [0.1, 0.15) is 0 Å². The Balaban J connectivity index is 1.86. The normalized spacial score (nSPS) is 16.4. The smallest absolute Gasteiger partial charge is 0.168 e. The third-order valence-electron chi connectivity index (χ3n) is 5.23. The lowest BCUT2D eigenvalue weighted by Crippen LogP contribution is -2.19. The van der Waals surface area contributed by atoms with Crippen molar-refractivity contribution < 1.29 is 0 Å². The van der Waals surface area contributed by atoms with Crippen molar-refractivity contribution in [2.75, 3.05) is 22.4 Å². The van der Waals surface area contributed by atoms with Gasteiger partial charge in [-0.25, -0.2) is 0 Å². The van der Waals surface area contributed by atoms with Crippen LogP contribution < -0.4 is 9.34 Å². The predicted octanol–water partition coefficient (Wildman–Crippen LogP) is 7.07. The van der Waals surface area contributed by atoms with Gasteiger partial charge in [-0.3, -0.25) is 5.16 Å². The third-order valence-corrected chi connectivity index (χ3v) is 8.73. The maximum Gasteiger partial charge on any atom is 0.168 e. The summed E-state index contributed by atoms with van der Waals surface area (Å²) in [5.41, 5.74) is 3.44. The summed E-state index contributed by atoms with van der Waals surface area (Å²) in [4.78, 5) is 0. The fourth-order valence-electron chi connectivity index (χ4n) is 3.87. The van der Waals surface area contributed by atoms with E-state index < -0.39 is 7.36 Å². The van der Waals surface area contributed by atoms with Crippen LogP contribution in [0.5, 0.6) is 0 Å². The molecule has 3 nitrogen and oxygen atoms in total. The lowest BCUT2D eigenvalue weighted by Gasteiger charge is -2.38. The summed E-state index contributed by atoms with van der Waals surface area (Å²) in [6, 6.07) is 31.3. The summed E-state index contributed by atoms with van der Waals surface area (Å²) in [6.45, 7) is 3.90. The summed E-state index contributed by atoms with van der Waals surface area (Å²) in [5, 5.41) is 11.1. The van der Waals surface area contributed by atoms with Crippen LogP contribution in [0.4, 0.5) is 11.4 Å². The molecule has 1 heterocycles. The van der Waals surface area contributed by atoms with Crippen LogP contribution in [0.1, 0.15) is 18.9 Å². The number of benzene rings is 3. The van der Waals surface area contributed by atoms with Crippen LogP contribution in [-0.2, 0) is 0 Å². The number of rotatable bonds is 5. The first-order valence-electron chi connectivity index (χ1n) is 9.80. The minimum absolute atomic E-state index is 0.860. The van der Waals surface area contributed by atoms with Crippen molar-refractivity contribution in [1.82, 2.24) is 0 Å². The zero-order valence-corrected chi connectivity index (χ0v) is 17.1. The van der Waals surface area contributed by atoms with Crippen molar-refractivity contribution in [2.45, 2.75) is 13.3 Å². The van der Waals surface area contributed by atoms with Gasteiger partial charge in [-0.2, -0.15) is 0 Å². The molecule has 0 aliphatic carbocycles. The summed E-state index contributed by atoms with van der Waals surface area (Å²) in [6.07, 6.45) is 3.09. The van der Waals surface area contributed by atoms with Crippen LogP contribution >= 0.6 is 7.36 Å². The first kappa shape index (κ1) is 18.6. The van der Waals surface area contributed by atoms with Crippen LogP contribution in [0, 0.1) is 5.16 Å². The van der Waals surface area contributed by atoms with E-state index in [1.165, 1.54) is 10.9 Å². The molecule has 28 heavy (non-hydrogen) atoms. The second kappa shape index (κ2) is 8.08. The van der Waals surface area contributed by atoms with Gasteiger partial charge in [0.15, 0.2) is 7.36 Å². The van der Waals surface area contributed by atoms with Gasteiger partial charge < -0.3 is 9.34 Å². The molecule has 1 aliphatic heterocycles. The monoisotopic (exact) mass is 387 g/mol. The molecule has 0 radical (unpaired) electrons. The van der Waals surface area contributed by atoms with Crippen molar-refractivity contribution in [3.05, 3.63) is 102 Å². The standard InChI is InChI=1S/C24H26N3P/c1-2-24(20-21-12-6-3-7-13-21)28(25)26(22-14-8-4-9-15-22)18-19-27(28)23-16-10-5-11-17-23/h3-17,20,25H,2,18-19H2,1H3/b24-20+. The first-order valence-corrected chi connectivity index (χ1v) is 11.5. The molecular weight excluding hydrogens is 361 g/mol. The molecule has 142 valence electrons. The van der Waals surface area contributed by atoms with Gasteiger partial charge in [0, 0.05) is 29.8 Å². The Morgan fingerprint density at radius 3 is 1.64 bits per heavy atom. The van der Waals surface area contributed by atoms with Crippen LogP contribution in [0.2, 0.25) is 0 Å². The van der Waals surface area contributed by atoms with Crippen LogP contribution in [0.3, 0.4) is 0 Å². The molecule has 0 saturated carbocycles. The molecule has 4 rings (SSSR count). The Morgan fingerprint density at radius 1 is 0.786 bits per heavy atom. The number of nitrogens with one attached hydrogen (secondary N) is 1. The topological polar surface area (TPSA) is 30.3 Å². The number of hydrogen-bond acceptors (Lipinski definition) is 1. The van der Waals surface area contributed by atoms with E-state index in [4.69, 9.17) is 0 Å². The highest BCUT2D eigenvalue weighted by Crippen LogP contribution is 2.67. The molecule has 0 bridgehead atoms. The first-order chi connectivity index (χ1) is 13.7. The molecule has 0 aromatic heterocycles. The quantitative estimate of drug-likeness (QED) is 0.474. The van der Waals surface area contributed by atoms with E-state index in [1.807, 2.05) is 18.2 Å². The molecule has 0 unspecified atom stereocenters. The molecule has 1 aliphatic rings. The average Bonchev–Trinajstić information content (AvgIpc) is 3.12. The van der Waals surface area contributed by atoms with Crippen LogP contribution in [-0.4, -0.2) is 13.1 Å². The molecule has 1 fully saturated rings. The Kier molecular flexibility index (Phi) is 5.36. The minimum Gasteiger partial charge on any atom is -0.318 e. The van der Waals surface area contributed by atoms with Gasteiger partial charge in [0.2, 0.25) is 0 Å². The molecule has 1 N–H and O–H groups in total. The van der Waals surface area contributed by atoms with Crippen molar-refractivity contribution in [3.63, 3.8) is 0 Å². The van der Waals surface area contributed by atoms with Crippen molar-refractivity contribution in [1.29, 1.82) is 5.16 Å².